The van der Waals surface area contributed by atoms with Gasteiger partial charge in [0, 0.05) is 79.0 Å². The molecule has 6 aliphatic heterocycles. The van der Waals surface area contributed by atoms with E-state index in [1.165, 1.54) is 12.4 Å². The molecule has 6 aliphatic rings. The Hall–Kier alpha value is -6.99. The number of halogens is 3. The second-order valence-electron chi connectivity index (χ2n) is 15.6. The van der Waals surface area contributed by atoms with Gasteiger partial charge in [-0.25, -0.2) is 24.7 Å². The van der Waals surface area contributed by atoms with E-state index in [0.29, 0.717) is 52.1 Å². The molecule has 4 fully saturated rings. The van der Waals surface area contributed by atoms with Crippen molar-refractivity contribution in [2.45, 2.75) is 84.1 Å². The summed E-state index contributed by atoms with van der Waals surface area (Å²) in [6, 6.07) is -2.04. The summed E-state index contributed by atoms with van der Waals surface area (Å²) >= 11 is 0. The fourth-order valence-corrected chi connectivity index (χ4v) is 7.06. The molecule has 8 heterocycles. The molecule has 0 spiro atoms. The number of amides is 9. The van der Waals surface area contributed by atoms with E-state index >= 15 is 0 Å². The predicted molar refractivity (Wildman–Crippen MR) is 216 cm³/mol. The van der Waals surface area contributed by atoms with Crippen molar-refractivity contribution < 1.29 is 67.2 Å². The van der Waals surface area contributed by atoms with Crippen LogP contribution in [0.2, 0.25) is 0 Å². The van der Waals surface area contributed by atoms with Crippen LogP contribution < -0.4 is 25.8 Å². The highest BCUT2D eigenvalue weighted by Gasteiger charge is 2.47. The second kappa shape index (κ2) is 20.2. The molecule has 8 rings (SSSR count). The molecule has 0 bridgehead atoms. The number of nitrogens with zero attached hydrogens (tertiary/aromatic N) is 9. The van der Waals surface area contributed by atoms with Gasteiger partial charge in [0.1, 0.15) is 29.1 Å². The summed E-state index contributed by atoms with van der Waals surface area (Å²) < 4.78 is 42.8. The number of alkyl halides is 3. The number of carbonyl (C=O) groups is 10. The summed E-state index contributed by atoms with van der Waals surface area (Å²) in [5.74, 6) is -4.05. The maximum absolute atomic E-state index is 12.9. The molecule has 2 unspecified atom stereocenters. The zero-order chi connectivity index (χ0) is 48.7. The Kier molecular flexibility index (Phi) is 14.8. The Morgan fingerprint density at radius 2 is 1.12 bits per heavy atom. The van der Waals surface area contributed by atoms with E-state index in [-0.39, 0.29) is 54.1 Å². The SMILES string of the molecule is CC(C)(C)OC(=O)N1CCN(c2ncc3c(n2)C(=O)N(C2CCC(=O)NC2=O)C3=O)CC1.O=C1CCC(N2C(=O)c3cnc(N4CCNCC4)nc3C2=O)C(=O)N1.O=CC(F)(F)F.[2H]CC. The number of anilines is 2. The molecule has 65 heavy (non-hydrogen) atoms. The van der Waals surface area contributed by atoms with Crippen molar-refractivity contribution in [1.82, 2.24) is 50.6 Å². The van der Waals surface area contributed by atoms with Crippen LogP contribution in [0.1, 0.15) is 103 Å². The van der Waals surface area contributed by atoms with Crippen molar-refractivity contribution in [3.8, 4) is 0 Å². The van der Waals surface area contributed by atoms with Crippen molar-refractivity contribution >= 4 is 71.5 Å². The Morgan fingerprint density at radius 1 is 0.723 bits per heavy atom. The number of aromatic nitrogens is 4. The molecule has 4 saturated heterocycles. The number of piperidine rings is 2. The molecule has 26 heteroatoms. The molecule has 350 valence electrons. The zero-order valence-corrected chi connectivity index (χ0v) is 35.7. The fraction of sp³-hybridized carbons (Fsp3) is 0.538. The molecule has 2 atom stereocenters. The number of aldehydes is 1. The van der Waals surface area contributed by atoms with Gasteiger partial charge in [-0.05, 0) is 33.6 Å². The lowest BCUT2D eigenvalue weighted by Gasteiger charge is -2.35. The number of hydrogen-bond donors (Lipinski definition) is 3. The van der Waals surface area contributed by atoms with E-state index in [4.69, 9.17) is 10.9 Å². The summed E-state index contributed by atoms with van der Waals surface area (Å²) in [5, 5.41) is 7.53. The van der Waals surface area contributed by atoms with E-state index in [0.717, 1.165) is 22.9 Å². The summed E-state index contributed by atoms with van der Waals surface area (Å²) in [4.78, 5) is 143. The van der Waals surface area contributed by atoms with Crippen LogP contribution in [0.5, 0.6) is 0 Å². The molecule has 0 aliphatic carbocycles. The van der Waals surface area contributed by atoms with Crippen LogP contribution in [-0.2, 0) is 28.7 Å². The molecule has 3 N–H and O–H groups in total. The number of nitrogens with one attached hydrogen (secondary N) is 3. The van der Waals surface area contributed by atoms with Crippen molar-refractivity contribution in [3.05, 3.63) is 34.9 Å². The van der Waals surface area contributed by atoms with Gasteiger partial charge in [0.15, 0.2) is 0 Å². The lowest BCUT2D eigenvalue weighted by Crippen LogP contribution is -2.54. The molecular formula is C39H47F3N12O11. The van der Waals surface area contributed by atoms with Gasteiger partial charge in [0.2, 0.25) is 41.8 Å². The Bertz CT molecular complexity index is 2280. The van der Waals surface area contributed by atoms with Crippen molar-refractivity contribution in [2.24, 2.45) is 0 Å². The number of piperazine rings is 2. The summed E-state index contributed by atoms with van der Waals surface area (Å²) in [6.45, 7) is 12.3. The highest BCUT2D eigenvalue weighted by atomic mass is 19.4. The monoisotopic (exact) mass is 917 g/mol. The highest BCUT2D eigenvalue weighted by Crippen LogP contribution is 2.29. The van der Waals surface area contributed by atoms with E-state index in [1.807, 2.05) is 9.80 Å². The van der Waals surface area contributed by atoms with E-state index < -0.39 is 83.5 Å². The lowest BCUT2D eigenvalue weighted by atomic mass is 10.0. The van der Waals surface area contributed by atoms with Crippen LogP contribution in [-0.4, -0.2) is 170 Å². The van der Waals surface area contributed by atoms with Gasteiger partial charge in [-0.3, -0.25) is 63.6 Å². The maximum Gasteiger partial charge on any atom is 0.446 e. The van der Waals surface area contributed by atoms with Gasteiger partial charge < -0.3 is 24.8 Å². The number of carbonyl (C=O) groups excluding carboxylic acids is 10. The first-order valence-corrected chi connectivity index (χ1v) is 20.3. The molecular weight excluding hydrogens is 869 g/mol. The summed E-state index contributed by atoms with van der Waals surface area (Å²) in [7, 11) is 0. The Morgan fingerprint density at radius 3 is 1.49 bits per heavy atom. The minimum atomic E-state index is -4.64. The zero-order valence-electron chi connectivity index (χ0n) is 36.7. The number of ether oxygens (including phenoxy) is 1. The van der Waals surface area contributed by atoms with Gasteiger partial charge in [0.25, 0.3) is 23.6 Å². The van der Waals surface area contributed by atoms with Gasteiger partial charge in [-0.15, -0.1) is 0 Å². The molecule has 23 nitrogen and oxygen atoms in total. The third-order valence-electron chi connectivity index (χ3n) is 10.1. The number of hydrogen-bond acceptors (Lipinski definition) is 18. The van der Waals surface area contributed by atoms with Crippen LogP contribution in [0.15, 0.2) is 12.4 Å². The molecule has 0 radical (unpaired) electrons. The van der Waals surface area contributed by atoms with Crippen LogP contribution in [0.4, 0.5) is 29.9 Å². The number of rotatable bonds is 4. The van der Waals surface area contributed by atoms with E-state index in [1.54, 1.807) is 32.6 Å². The standard InChI is InChI=1S/C20H24N6O6.C15H16N6O4.C2HF3O.C2H6/c1-20(2,3)32-19(31)25-8-6-24(7-9-25)18-21-10-11-14(23-18)17(30)26(16(11)29)12-4-5-13(27)22-15(12)28;22-10-2-1-9(12(23)18-10)21-13(24)8-7-17-15(19-11(8)14(21)25)20-5-3-16-4-6-20;3-2(4,5)1-6;1-2/h10,12H,4-9H2,1-3H3,(H,22,27,28);7,9,16H,1-6H2,(H,18,22,23);1H;1-2H3/i;;;1D. The smallest absolute Gasteiger partial charge is 0.444 e. The number of imide groups is 4. The average molecular weight is 918 g/mol. The Labute approximate surface area is 370 Å². The molecule has 9 amide bonds. The second-order valence-corrected chi connectivity index (χ2v) is 15.6. The highest BCUT2D eigenvalue weighted by molar-refractivity contribution is 6.23. The quantitative estimate of drug-likeness (QED) is 0.269. The summed E-state index contributed by atoms with van der Waals surface area (Å²) in [5.41, 5.74) is -0.527. The molecule has 0 aromatic carbocycles. The first-order chi connectivity index (χ1) is 31.1. The number of fused-ring (bicyclic) bond motifs is 2. The van der Waals surface area contributed by atoms with Crippen molar-refractivity contribution in [1.29, 1.82) is 0 Å². The largest absolute Gasteiger partial charge is 0.446 e. The van der Waals surface area contributed by atoms with Crippen LogP contribution >= 0.6 is 0 Å². The third-order valence-corrected chi connectivity index (χ3v) is 10.1. The van der Waals surface area contributed by atoms with Gasteiger partial charge in [0.05, 0.1) is 11.1 Å². The Balaban J connectivity index is 0.000000213. The van der Waals surface area contributed by atoms with Crippen LogP contribution in [0.3, 0.4) is 0 Å². The minimum absolute atomic E-state index is 0.0123. The van der Waals surface area contributed by atoms with E-state index in [9.17, 15) is 56.3 Å². The molecule has 2 aromatic rings. The van der Waals surface area contributed by atoms with Crippen molar-refractivity contribution in [2.75, 3.05) is 62.2 Å². The van der Waals surface area contributed by atoms with E-state index in [2.05, 4.69) is 35.9 Å². The van der Waals surface area contributed by atoms with Crippen LogP contribution in [0.25, 0.3) is 0 Å². The first kappa shape index (κ1) is 47.5. The van der Waals surface area contributed by atoms with Gasteiger partial charge in [-0.1, -0.05) is 13.8 Å². The van der Waals surface area contributed by atoms with Crippen LogP contribution in [0, 0.1) is 0 Å². The molecule has 2 aromatic heterocycles. The third kappa shape index (κ3) is 11.4. The predicted octanol–water partition coefficient (Wildman–Crippen LogP) is -0.00390. The maximum atomic E-state index is 12.9. The van der Waals surface area contributed by atoms with Crippen molar-refractivity contribution in [3.63, 3.8) is 0 Å². The van der Waals surface area contributed by atoms with Gasteiger partial charge >= 0.3 is 12.3 Å². The average Bonchev–Trinajstić information content (AvgIpc) is 3.66. The lowest BCUT2D eigenvalue weighted by molar-refractivity contribution is -0.156. The minimum Gasteiger partial charge on any atom is -0.444 e. The molecule has 0 saturated carbocycles. The topological polar surface area (TPSA) is 284 Å². The first-order valence-electron chi connectivity index (χ1n) is 21.0. The summed E-state index contributed by atoms with van der Waals surface area (Å²) in [6.07, 6.45) is -3.16. The van der Waals surface area contributed by atoms with Gasteiger partial charge in [-0.2, -0.15) is 13.2 Å². The fourth-order valence-electron chi connectivity index (χ4n) is 7.06. The normalized spacial score (nSPS) is 21.1.